The molecule has 0 aliphatic heterocycles. The maximum atomic E-state index is 13.3. The molecule has 0 unspecified atom stereocenters. The van der Waals surface area contributed by atoms with Gasteiger partial charge in [0.15, 0.2) is 11.9 Å². The topological polar surface area (TPSA) is 71.3 Å². The minimum atomic E-state index is -4.63. The van der Waals surface area contributed by atoms with E-state index in [9.17, 15) is 22.8 Å². The van der Waals surface area contributed by atoms with Crippen LogP contribution in [0, 0.1) is 0 Å². The number of halogens is 3. The monoisotopic (exact) mass is 388 g/mol. The van der Waals surface area contributed by atoms with Gasteiger partial charge < -0.3 is 15.1 Å². The summed E-state index contributed by atoms with van der Waals surface area (Å²) in [6.07, 6.45) is -4.80. The molecular formula is C20H15F3N2O3. The van der Waals surface area contributed by atoms with Gasteiger partial charge in [-0.15, -0.1) is 0 Å². The summed E-state index contributed by atoms with van der Waals surface area (Å²) in [7, 11) is 0. The van der Waals surface area contributed by atoms with E-state index in [0.29, 0.717) is 0 Å². The number of amides is 1. The van der Waals surface area contributed by atoms with Crippen LogP contribution in [0.3, 0.4) is 0 Å². The Hall–Kier alpha value is -3.55. The number of benzene rings is 2. The van der Waals surface area contributed by atoms with E-state index >= 15 is 0 Å². The summed E-state index contributed by atoms with van der Waals surface area (Å²) in [5.74, 6) is -1.41. The van der Waals surface area contributed by atoms with Crippen LogP contribution < -0.4 is 10.6 Å². The summed E-state index contributed by atoms with van der Waals surface area (Å²) in [6.45, 7) is 0. The number of Topliss-reactive ketones (excluding diaryl/α,β-unsaturated/α-hetero) is 1. The van der Waals surface area contributed by atoms with Crippen molar-refractivity contribution in [2.45, 2.75) is 12.3 Å². The fraction of sp³-hybridized carbons (Fsp3) is 0.100. The van der Waals surface area contributed by atoms with Crippen molar-refractivity contribution in [3.05, 3.63) is 89.9 Å². The van der Waals surface area contributed by atoms with E-state index < -0.39 is 29.6 Å². The molecule has 1 aromatic heterocycles. The molecule has 2 aromatic carbocycles. The molecule has 0 radical (unpaired) electrons. The fourth-order valence-electron chi connectivity index (χ4n) is 2.56. The first kappa shape index (κ1) is 19.2. The molecule has 8 heteroatoms. The van der Waals surface area contributed by atoms with Crippen molar-refractivity contribution in [1.82, 2.24) is 5.32 Å². The lowest BCUT2D eigenvalue weighted by Gasteiger charge is -2.22. The number of ketones is 1. The van der Waals surface area contributed by atoms with Gasteiger partial charge in [-0.25, -0.2) is 0 Å². The number of alkyl halides is 3. The third-order valence-corrected chi connectivity index (χ3v) is 3.87. The molecule has 0 bridgehead atoms. The molecule has 0 saturated carbocycles. The van der Waals surface area contributed by atoms with Crippen molar-refractivity contribution in [3.8, 4) is 0 Å². The van der Waals surface area contributed by atoms with Gasteiger partial charge in [-0.05, 0) is 24.3 Å². The normalized spacial score (nSPS) is 12.2. The maximum absolute atomic E-state index is 13.3. The zero-order valence-corrected chi connectivity index (χ0v) is 14.4. The first-order valence-corrected chi connectivity index (χ1v) is 8.22. The third-order valence-electron chi connectivity index (χ3n) is 3.87. The minimum Gasteiger partial charge on any atom is -0.459 e. The first-order chi connectivity index (χ1) is 13.4. The van der Waals surface area contributed by atoms with Crippen LogP contribution in [0.4, 0.5) is 18.9 Å². The number of rotatable bonds is 6. The van der Waals surface area contributed by atoms with Crippen molar-refractivity contribution < 1.29 is 27.2 Å². The molecule has 3 rings (SSSR count). The van der Waals surface area contributed by atoms with Crippen LogP contribution in [0.1, 0.15) is 26.5 Å². The Labute approximate surface area is 158 Å². The van der Waals surface area contributed by atoms with Crippen LogP contribution in [0.25, 0.3) is 0 Å². The molecule has 144 valence electrons. The summed E-state index contributed by atoms with van der Waals surface area (Å²) in [5.41, 5.74) is -1.05. The summed E-state index contributed by atoms with van der Waals surface area (Å²) in [4.78, 5) is 25.1. The number of para-hydroxylation sites is 1. The quantitative estimate of drug-likeness (QED) is 0.487. The second kappa shape index (κ2) is 7.99. The Balaban J connectivity index is 1.93. The highest BCUT2D eigenvalue weighted by atomic mass is 19.4. The van der Waals surface area contributed by atoms with Gasteiger partial charge in [-0.3, -0.25) is 9.59 Å². The van der Waals surface area contributed by atoms with Crippen LogP contribution in [-0.2, 0) is 6.18 Å². The Morgan fingerprint density at radius 3 is 2.21 bits per heavy atom. The number of nitrogens with one attached hydrogen (secondary N) is 2. The fourth-order valence-corrected chi connectivity index (χ4v) is 2.56. The third kappa shape index (κ3) is 4.40. The van der Waals surface area contributed by atoms with E-state index in [4.69, 9.17) is 4.42 Å². The van der Waals surface area contributed by atoms with Crippen LogP contribution >= 0.6 is 0 Å². The van der Waals surface area contributed by atoms with Crippen molar-refractivity contribution >= 4 is 17.4 Å². The van der Waals surface area contributed by atoms with Crippen LogP contribution in [-0.4, -0.2) is 17.9 Å². The van der Waals surface area contributed by atoms with Crippen LogP contribution in [0.15, 0.2) is 77.4 Å². The molecular weight excluding hydrogens is 373 g/mol. The van der Waals surface area contributed by atoms with E-state index in [2.05, 4.69) is 10.6 Å². The van der Waals surface area contributed by atoms with Gasteiger partial charge in [-0.2, -0.15) is 13.2 Å². The Morgan fingerprint density at radius 1 is 0.893 bits per heavy atom. The summed E-state index contributed by atoms with van der Waals surface area (Å²) >= 11 is 0. The lowest BCUT2D eigenvalue weighted by atomic mass is 10.1. The van der Waals surface area contributed by atoms with E-state index in [0.717, 1.165) is 6.07 Å². The number of hydrogen-bond donors (Lipinski definition) is 2. The van der Waals surface area contributed by atoms with Crippen molar-refractivity contribution in [2.24, 2.45) is 0 Å². The van der Waals surface area contributed by atoms with E-state index in [-0.39, 0.29) is 17.0 Å². The van der Waals surface area contributed by atoms with Gasteiger partial charge in [0.2, 0.25) is 5.78 Å². The van der Waals surface area contributed by atoms with Gasteiger partial charge in [0.1, 0.15) is 0 Å². The highest BCUT2D eigenvalue weighted by Gasteiger charge is 2.34. The largest absolute Gasteiger partial charge is 0.459 e. The Morgan fingerprint density at radius 2 is 1.57 bits per heavy atom. The van der Waals surface area contributed by atoms with Crippen molar-refractivity contribution in [2.75, 3.05) is 5.32 Å². The van der Waals surface area contributed by atoms with E-state index in [1.807, 2.05) is 0 Å². The smallest absolute Gasteiger partial charge is 0.418 e. The summed E-state index contributed by atoms with van der Waals surface area (Å²) in [5, 5.41) is 4.89. The minimum absolute atomic E-state index is 0.0724. The number of hydrogen-bond acceptors (Lipinski definition) is 4. The Kier molecular flexibility index (Phi) is 5.49. The lowest BCUT2D eigenvalue weighted by Crippen LogP contribution is -2.46. The molecule has 1 amide bonds. The van der Waals surface area contributed by atoms with Crippen LogP contribution in [0.5, 0.6) is 0 Å². The summed E-state index contributed by atoms with van der Waals surface area (Å²) < 4.78 is 44.8. The summed E-state index contributed by atoms with van der Waals surface area (Å²) in [6, 6.07) is 15.5. The average molecular weight is 388 g/mol. The second-order valence-electron chi connectivity index (χ2n) is 5.80. The molecule has 0 aliphatic rings. The number of anilines is 1. The molecule has 0 saturated heterocycles. The van der Waals surface area contributed by atoms with Gasteiger partial charge in [0, 0.05) is 11.3 Å². The average Bonchev–Trinajstić information content (AvgIpc) is 3.22. The van der Waals surface area contributed by atoms with Gasteiger partial charge in [0.05, 0.1) is 11.8 Å². The maximum Gasteiger partial charge on any atom is 0.418 e. The molecule has 5 nitrogen and oxygen atoms in total. The van der Waals surface area contributed by atoms with Gasteiger partial charge in [0.25, 0.3) is 5.91 Å². The number of furan rings is 1. The molecule has 28 heavy (non-hydrogen) atoms. The van der Waals surface area contributed by atoms with Crippen molar-refractivity contribution in [1.29, 1.82) is 0 Å². The predicted molar refractivity (Wildman–Crippen MR) is 95.8 cm³/mol. The second-order valence-corrected chi connectivity index (χ2v) is 5.80. The predicted octanol–water partition coefficient (Wildman–Crippen LogP) is 4.35. The highest BCUT2D eigenvalue weighted by molar-refractivity contribution is 6.04. The highest BCUT2D eigenvalue weighted by Crippen LogP contribution is 2.34. The zero-order chi connectivity index (χ0) is 20.1. The van der Waals surface area contributed by atoms with Gasteiger partial charge in [-0.1, -0.05) is 42.5 Å². The van der Waals surface area contributed by atoms with E-state index in [1.165, 1.54) is 48.7 Å². The molecule has 0 fully saturated rings. The number of carbonyl (C=O) groups excluding carboxylic acids is 2. The van der Waals surface area contributed by atoms with Gasteiger partial charge >= 0.3 is 6.18 Å². The number of carbonyl (C=O) groups is 2. The van der Waals surface area contributed by atoms with E-state index in [1.54, 1.807) is 18.2 Å². The van der Waals surface area contributed by atoms with Crippen molar-refractivity contribution in [3.63, 3.8) is 0 Å². The Bertz CT molecular complexity index is 954. The standard InChI is InChI=1S/C20H15F3N2O3/c21-20(22,23)14-9-4-5-10-15(14)24-18(17(26)13-7-2-1-3-8-13)25-19(27)16-11-6-12-28-16/h1-12,18,24H,(H,25,27)/t18-/m0/s1. The molecule has 3 aromatic rings. The zero-order valence-electron chi connectivity index (χ0n) is 14.4. The van der Waals surface area contributed by atoms with Crippen LogP contribution in [0.2, 0.25) is 0 Å². The lowest BCUT2D eigenvalue weighted by molar-refractivity contribution is -0.137. The molecule has 2 N–H and O–H groups in total. The SMILES string of the molecule is O=C(N[C@H](Nc1ccccc1C(F)(F)F)C(=O)c1ccccc1)c1ccco1. The first-order valence-electron chi connectivity index (χ1n) is 8.22. The molecule has 0 spiro atoms. The molecule has 1 atom stereocenters. The molecule has 1 heterocycles. The molecule has 0 aliphatic carbocycles.